The highest BCUT2D eigenvalue weighted by molar-refractivity contribution is 6.31. The molecular formula is C29H19ClF2N2O2. The Bertz CT molecular complexity index is 1610. The minimum atomic E-state index is -0.948. The molecule has 0 aliphatic carbocycles. The molecule has 5 aromatic rings. The lowest BCUT2D eigenvalue weighted by Crippen LogP contribution is -2.09. The maximum Gasteiger partial charge on any atom is 0.346 e. The number of carbonyl (C=O) groups is 1. The highest BCUT2D eigenvalue weighted by Crippen LogP contribution is 2.27. The molecule has 0 aliphatic rings. The molecule has 5 rings (SSSR count). The quantitative estimate of drug-likeness (QED) is 0.180. The second-order valence-electron chi connectivity index (χ2n) is 7.99. The van der Waals surface area contributed by atoms with Crippen molar-refractivity contribution >= 4 is 40.4 Å². The molecule has 0 amide bonds. The van der Waals surface area contributed by atoms with Gasteiger partial charge in [-0.1, -0.05) is 66.2 Å². The molecule has 4 nitrogen and oxygen atoms in total. The summed E-state index contributed by atoms with van der Waals surface area (Å²) in [6.45, 7) is 0.373. The Kier molecular flexibility index (Phi) is 6.60. The number of para-hydroxylation sites is 2. The normalized spacial score (nSPS) is 11.6. The number of imidazole rings is 1. The lowest BCUT2D eigenvalue weighted by atomic mass is 10.1. The fourth-order valence-electron chi connectivity index (χ4n) is 3.89. The predicted octanol–water partition coefficient (Wildman–Crippen LogP) is 7.37. The third-order valence-corrected chi connectivity index (χ3v) is 6.04. The number of halogens is 3. The van der Waals surface area contributed by atoms with E-state index in [-0.39, 0.29) is 16.9 Å². The van der Waals surface area contributed by atoms with Crippen LogP contribution in [-0.4, -0.2) is 15.5 Å². The molecule has 0 unspecified atom stereocenters. The molecule has 1 heterocycles. The van der Waals surface area contributed by atoms with Gasteiger partial charge in [-0.25, -0.2) is 18.6 Å². The highest BCUT2D eigenvalue weighted by Gasteiger charge is 2.20. The van der Waals surface area contributed by atoms with Crippen LogP contribution >= 0.6 is 11.6 Å². The number of benzene rings is 4. The fourth-order valence-corrected chi connectivity index (χ4v) is 4.09. The van der Waals surface area contributed by atoms with E-state index in [0.29, 0.717) is 22.9 Å². The molecule has 0 bridgehead atoms. The fraction of sp³-hybridized carbons (Fsp3) is 0.0345. The number of carbonyl (C=O) groups excluding carboxylic acids is 1. The first-order valence-corrected chi connectivity index (χ1v) is 11.5. The summed E-state index contributed by atoms with van der Waals surface area (Å²) < 4.78 is 36.6. The van der Waals surface area contributed by atoms with Crippen LogP contribution in [0.1, 0.15) is 27.3 Å². The summed E-state index contributed by atoms with van der Waals surface area (Å²) in [5.74, 6) is -1.97. The van der Waals surface area contributed by atoms with Crippen LogP contribution in [0.5, 0.6) is 0 Å². The Morgan fingerprint density at radius 2 is 1.44 bits per heavy atom. The Labute approximate surface area is 211 Å². The molecule has 0 spiro atoms. The zero-order valence-corrected chi connectivity index (χ0v) is 19.6. The third-order valence-electron chi connectivity index (χ3n) is 5.67. The van der Waals surface area contributed by atoms with E-state index >= 15 is 0 Å². The molecule has 178 valence electrons. The molecular weight excluding hydrogens is 482 g/mol. The van der Waals surface area contributed by atoms with Gasteiger partial charge in [0.15, 0.2) is 0 Å². The number of aromatic nitrogens is 2. The van der Waals surface area contributed by atoms with Gasteiger partial charge in [0, 0.05) is 11.1 Å². The molecule has 0 aliphatic heterocycles. The van der Waals surface area contributed by atoms with Gasteiger partial charge in [0.2, 0.25) is 0 Å². The molecule has 36 heavy (non-hydrogen) atoms. The van der Waals surface area contributed by atoms with Crippen molar-refractivity contribution in [3.05, 3.63) is 136 Å². The minimum absolute atomic E-state index is 0.0403. The van der Waals surface area contributed by atoms with Crippen LogP contribution < -0.4 is 0 Å². The van der Waals surface area contributed by atoms with Gasteiger partial charge < -0.3 is 9.30 Å². The highest BCUT2D eigenvalue weighted by atomic mass is 35.5. The van der Waals surface area contributed by atoms with Gasteiger partial charge in [-0.2, -0.15) is 0 Å². The Balaban J connectivity index is 1.65. The van der Waals surface area contributed by atoms with Crippen LogP contribution in [0.3, 0.4) is 0 Å². The molecule has 0 N–H and O–H groups in total. The number of fused-ring (bicyclic) bond motifs is 1. The lowest BCUT2D eigenvalue weighted by Gasteiger charge is -2.13. The van der Waals surface area contributed by atoms with Crippen molar-refractivity contribution in [1.29, 1.82) is 0 Å². The number of nitrogens with zero attached hydrogens (tertiary/aromatic N) is 2. The van der Waals surface area contributed by atoms with Crippen molar-refractivity contribution in [3.63, 3.8) is 0 Å². The van der Waals surface area contributed by atoms with E-state index in [4.69, 9.17) is 16.3 Å². The van der Waals surface area contributed by atoms with E-state index in [0.717, 1.165) is 17.1 Å². The molecule has 0 radical (unpaired) electrons. The van der Waals surface area contributed by atoms with Gasteiger partial charge in [-0.05, 0) is 48.0 Å². The standard InChI is InChI=1S/C29H19ClF2N2O2/c30-22-12-4-1-9-19(22)18-34-26-16-8-7-15-25(26)33-28(34)17-27(20-10-2-5-13-23(20)31)36-29(35)21-11-3-6-14-24(21)32/h1-17H,18H2/b27-17+. The second-order valence-corrected chi connectivity index (χ2v) is 8.40. The largest absolute Gasteiger partial charge is 0.422 e. The summed E-state index contributed by atoms with van der Waals surface area (Å²) in [4.78, 5) is 17.6. The van der Waals surface area contributed by atoms with Crippen molar-refractivity contribution in [2.75, 3.05) is 0 Å². The van der Waals surface area contributed by atoms with E-state index in [1.807, 2.05) is 47.0 Å². The SMILES string of the molecule is O=C(O/C(=C/c1nc2ccccc2n1Cc1ccccc1Cl)c1ccccc1F)c1ccccc1F. The van der Waals surface area contributed by atoms with Gasteiger partial charge in [0.1, 0.15) is 23.2 Å². The van der Waals surface area contributed by atoms with Crippen LogP contribution in [0, 0.1) is 11.6 Å². The zero-order valence-electron chi connectivity index (χ0n) is 18.9. The van der Waals surface area contributed by atoms with Crippen molar-refractivity contribution in [1.82, 2.24) is 9.55 Å². The average molecular weight is 501 g/mol. The topological polar surface area (TPSA) is 44.1 Å². The Morgan fingerprint density at radius 1 is 0.833 bits per heavy atom. The van der Waals surface area contributed by atoms with Crippen molar-refractivity contribution in [3.8, 4) is 0 Å². The molecule has 0 saturated carbocycles. The van der Waals surface area contributed by atoms with Crippen molar-refractivity contribution in [2.45, 2.75) is 6.54 Å². The van der Waals surface area contributed by atoms with E-state index < -0.39 is 17.6 Å². The first-order valence-electron chi connectivity index (χ1n) is 11.1. The molecule has 0 saturated heterocycles. The van der Waals surface area contributed by atoms with Gasteiger partial charge >= 0.3 is 5.97 Å². The Hall–Kier alpha value is -4.29. The van der Waals surface area contributed by atoms with Crippen LogP contribution in [-0.2, 0) is 11.3 Å². The number of hydrogen-bond donors (Lipinski definition) is 0. The van der Waals surface area contributed by atoms with Crippen molar-refractivity contribution < 1.29 is 18.3 Å². The molecule has 7 heteroatoms. The summed E-state index contributed by atoms with van der Waals surface area (Å²) in [5.41, 5.74) is 2.15. The second kappa shape index (κ2) is 10.1. The number of hydrogen-bond acceptors (Lipinski definition) is 3. The number of esters is 1. The first-order chi connectivity index (χ1) is 17.5. The number of ether oxygens (including phenoxy) is 1. The molecule has 4 aromatic carbocycles. The summed E-state index contributed by atoms with van der Waals surface area (Å²) in [6.07, 6.45) is 1.48. The summed E-state index contributed by atoms with van der Waals surface area (Å²) in [5, 5.41) is 0.588. The Morgan fingerprint density at radius 3 is 2.17 bits per heavy atom. The molecule has 1 aromatic heterocycles. The number of rotatable bonds is 6. The van der Waals surface area contributed by atoms with Crippen molar-refractivity contribution in [2.24, 2.45) is 0 Å². The smallest absolute Gasteiger partial charge is 0.346 e. The average Bonchev–Trinajstić information content (AvgIpc) is 3.22. The minimum Gasteiger partial charge on any atom is -0.422 e. The van der Waals surface area contributed by atoms with Crippen LogP contribution in [0.2, 0.25) is 5.02 Å². The summed E-state index contributed by atoms with van der Waals surface area (Å²) in [7, 11) is 0. The van der Waals surface area contributed by atoms with Crippen LogP contribution in [0.25, 0.3) is 22.9 Å². The van der Waals surface area contributed by atoms with Gasteiger partial charge in [0.05, 0.1) is 28.7 Å². The zero-order chi connectivity index (χ0) is 25.1. The van der Waals surface area contributed by atoms with Gasteiger partial charge in [-0.15, -0.1) is 0 Å². The maximum atomic E-state index is 14.8. The summed E-state index contributed by atoms with van der Waals surface area (Å²) >= 11 is 6.41. The monoisotopic (exact) mass is 500 g/mol. The first kappa shape index (κ1) is 23.5. The van der Waals surface area contributed by atoms with Gasteiger partial charge in [-0.3, -0.25) is 0 Å². The van der Waals surface area contributed by atoms with E-state index in [9.17, 15) is 13.6 Å². The van der Waals surface area contributed by atoms with Crippen LogP contribution in [0.15, 0.2) is 97.1 Å². The third kappa shape index (κ3) is 4.76. The van der Waals surface area contributed by atoms with Crippen LogP contribution in [0.4, 0.5) is 8.78 Å². The van der Waals surface area contributed by atoms with E-state index in [1.54, 1.807) is 12.1 Å². The molecule has 0 atom stereocenters. The molecule has 0 fully saturated rings. The predicted molar refractivity (Wildman–Crippen MR) is 136 cm³/mol. The maximum absolute atomic E-state index is 14.8. The van der Waals surface area contributed by atoms with E-state index in [2.05, 4.69) is 4.98 Å². The van der Waals surface area contributed by atoms with Gasteiger partial charge in [0.25, 0.3) is 0 Å². The van der Waals surface area contributed by atoms with E-state index in [1.165, 1.54) is 42.5 Å². The lowest BCUT2D eigenvalue weighted by molar-refractivity contribution is 0.0688. The summed E-state index contributed by atoms with van der Waals surface area (Å²) in [6, 6.07) is 26.3.